The number of carbonyl (C=O) groups excluding carboxylic acids is 2. The fourth-order valence-corrected chi connectivity index (χ4v) is 4.14. The molecule has 1 aliphatic heterocycles. The lowest BCUT2D eigenvalue weighted by molar-refractivity contribution is -0.132. The van der Waals surface area contributed by atoms with Crippen molar-refractivity contribution in [1.29, 1.82) is 0 Å². The lowest BCUT2D eigenvalue weighted by atomic mass is 10.2. The minimum atomic E-state index is -0.169. The third kappa shape index (κ3) is 6.06. The minimum absolute atomic E-state index is 0.126. The van der Waals surface area contributed by atoms with Gasteiger partial charge in [0.1, 0.15) is 5.75 Å². The van der Waals surface area contributed by atoms with Gasteiger partial charge in [-0.25, -0.2) is 4.79 Å². The maximum absolute atomic E-state index is 12.5. The van der Waals surface area contributed by atoms with Gasteiger partial charge in [-0.1, -0.05) is 17.7 Å². The Morgan fingerprint density at radius 2 is 1.73 bits per heavy atom. The predicted octanol–water partition coefficient (Wildman–Crippen LogP) is 4.52. The molecule has 6 nitrogen and oxygen atoms in total. The molecule has 0 radical (unpaired) electrons. The summed E-state index contributed by atoms with van der Waals surface area (Å²) in [5.74, 6) is 1.67. The number of amides is 3. The van der Waals surface area contributed by atoms with Gasteiger partial charge >= 0.3 is 6.03 Å². The number of thioether (sulfide) groups is 1. The van der Waals surface area contributed by atoms with Crippen LogP contribution in [0.4, 0.5) is 10.5 Å². The molecule has 0 unspecified atom stereocenters. The number of benzene rings is 2. The predicted molar refractivity (Wildman–Crippen MR) is 122 cm³/mol. The molecule has 0 aromatic heterocycles. The van der Waals surface area contributed by atoms with Crippen LogP contribution in [-0.2, 0) is 4.79 Å². The Hall–Kier alpha value is -2.38. The number of anilines is 1. The maximum atomic E-state index is 12.5. The second-order valence-electron chi connectivity index (χ2n) is 7.04. The van der Waals surface area contributed by atoms with E-state index >= 15 is 0 Å². The molecule has 8 heteroatoms. The fraction of sp³-hybridized carbons (Fsp3) is 0.364. The Balaban J connectivity index is 1.40. The topological polar surface area (TPSA) is 61.9 Å². The third-order valence-corrected chi connectivity index (χ3v) is 6.41. The van der Waals surface area contributed by atoms with E-state index in [9.17, 15) is 9.59 Å². The minimum Gasteiger partial charge on any atom is -0.497 e. The second-order valence-corrected chi connectivity index (χ2v) is 8.61. The van der Waals surface area contributed by atoms with Crippen LogP contribution in [0.15, 0.2) is 47.4 Å². The summed E-state index contributed by atoms with van der Waals surface area (Å²) in [6.45, 7) is 4.05. The number of urea groups is 1. The Bertz CT molecular complexity index is 884. The van der Waals surface area contributed by atoms with Crippen molar-refractivity contribution >= 4 is 41.0 Å². The number of hydrogen-bond donors (Lipinski definition) is 1. The lowest BCUT2D eigenvalue weighted by Crippen LogP contribution is -2.51. The smallest absolute Gasteiger partial charge is 0.321 e. The molecular formula is C22H26ClN3O3S. The molecule has 0 saturated carbocycles. The zero-order valence-electron chi connectivity index (χ0n) is 17.2. The number of halogens is 1. The van der Waals surface area contributed by atoms with Gasteiger partial charge in [-0.3, -0.25) is 4.79 Å². The van der Waals surface area contributed by atoms with E-state index in [0.717, 1.165) is 22.0 Å². The molecule has 3 rings (SSSR count). The van der Waals surface area contributed by atoms with Crippen molar-refractivity contribution in [3.05, 3.63) is 53.1 Å². The van der Waals surface area contributed by atoms with Crippen LogP contribution in [0.25, 0.3) is 0 Å². The molecule has 1 N–H and O–H groups in total. The molecule has 2 aromatic rings. The largest absolute Gasteiger partial charge is 0.497 e. The fourth-order valence-electron chi connectivity index (χ4n) is 3.12. The number of methoxy groups -OCH3 is 1. The Labute approximate surface area is 186 Å². The van der Waals surface area contributed by atoms with Crippen LogP contribution in [-0.4, -0.2) is 60.8 Å². The molecule has 0 spiro atoms. The van der Waals surface area contributed by atoms with Crippen LogP contribution in [0.2, 0.25) is 5.02 Å². The quantitative estimate of drug-likeness (QED) is 0.661. The van der Waals surface area contributed by atoms with Crippen LogP contribution in [0, 0.1) is 6.92 Å². The van der Waals surface area contributed by atoms with Gasteiger partial charge < -0.3 is 19.9 Å². The van der Waals surface area contributed by atoms with Gasteiger partial charge in [0.05, 0.1) is 7.11 Å². The first kappa shape index (κ1) is 22.3. The van der Waals surface area contributed by atoms with E-state index in [1.807, 2.05) is 48.2 Å². The summed E-state index contributed by atoms with van der Waals surface area (Å²) in [5.41, 5.74) is 1.64. The number of hydrogen-bond acceptors (Lipinski definition) is 4. The normalized spacial score (nSPS) is 13.8. The van der Waals surface area contributed by atoms with Crippen molar-refractivity contribution in [1.82, 2.24) is 9.80 Å². The van der Waals surface area contributed by atoms with Crippen molar-refractivity contribution < 1.29 is 14.3 Å². The van der Waals surface area contributed by atoms with E-state index in [-0.39, 0.29) is 11.9 Å². The van der Waals surface area contributed by atoms with E-state index in [1.54, 1.807) is 29.8 Å². The number of nitrogens with one attached hydrogen (secondary N) is 1. The molecule has 160 valence electrons. The molecule has 1 saturated heterocycles. The summed E-state index contributed by atoms with van der Waals surface area (Å²) < 4.78 is 5.15. The summed E-state index contributed by atoms with van der Waals surface area (Å²) in [4.78, 5) is 29.6. The molecule has 0 bridgehead atoms. The lowest BCUT2D eigenvalue weighted by Gasteiger charge is -2.34. The third-order valence-electron chi connectivity index (χ3n) is 4.99. The first-order valence-corrected chi connectivity index (χ1v) is 11.2. The molecular weight excluding hydrogens is 422 g/mol. The van der Waals surface area contributed by atoms with Crippen molar-refractivity contribution in [2.45, 2.75) is 18.2 Å². The van der Waals surface area contributed by atoms with Gasteiger partial charge in [0.25, 0.3) is 0 Å². The Morgan fingerprint density at radius 3 is 2.37 bits per heavy atom. The SMILES string of the molecule is COc1ccc(SCCC(=O)N2CCN(C(=O)Nc3ccc(C)c(Cl)c3)CC2)cc1. The summed E-state index contributed by atoms with van der Waals surface area (Å²) >= 11 is 7.77. The van der Waals surface area contributed by atoms with Crippen LogP contribution in [0.5, 0.6) is 5.75 Å². The molecule has 0 aliphatic carbocycles. The highest BCUT2D eigenvalue weighted by atomic mass is 35.5. The van der Waals surface area contributed by atoms with E-state index in [2.05, 4.69) is 5.32 Å². The summed E-state index contributed by atoms with van der Waals surface area (Å²) in [5, 5.41) is 3.49. The van der Waals surface area contributed by atoms with Gasteiger partial charge in [-0.2, -0.15) is 0 Å². The number of aryl methyl sites for hydroxylation is 1. The van der Waals surface area contributed by atoms with Crippen molar-refractivity contribution in [3.63, 3.8) is 0 Å². The standard InChI is InChI=1S/C22H26ClN3O3S/c1-16-3-4-17(15-20(16)23)24-22(28)26-12-10-25(11-13-26)21(27)9-14-30-19-7-5-18(29-2)6-8-19/h3-8,15H,9-14H2,1-2H3,(H,24,28). The highest BCUT2D eigenvalue weighted by molar-refractivity contribution is 7.99. The van der Waals surface area contributed by atoms with Crippen LogP contribution in [0.1, 0.15) is 12.0 Å². The van der Waals surface area contributed by atoms with Crippen LogP contribution >= 0.6 is 23.4 Å². The Kier molecular flexibility index (Phi) is 7.87. The van der Waals surface area contributed by atoms with Crippen LogP contribution in [0.3, 0.4) is 0 Å². The summed E-state index contributed by atoms with van der Waals surface area (Å²) in [7, 11) is 1.64. The number of nitrogens with zero attached hydrogens (tertiary/aromatic N) is 2. The Morgan fingerprint density at radius 1 is 1.07 bits per heavy atom. The maximum Gasteiger partial charge on any atom is 0.321 e. The molecule has 1 fully saturated rings. The molecule has 1 heterocycles. The van der Waals surface area contributed by atoms with E-state index in [1.165, 1.54) is 0 Å². The van der Waals surface area contributed by atoms with Crippen molar-refractivity contribution in [3.8, 4) is 5.75 Å². The van der Waals surface area contributed by atoms with Gasteiger partial charge in [0, 0.05) is 54.0 Å². The number of rotatable bonds is 6. The van der Waals surface area contributed by atoms with E-state index in [0.29, 0.717) is 43.3 Å². The number of piperazine rings is 1. The van der Waals surface area contributed by atoms with Gasteiger partial charge in [-0.05, 0) is 48.9 Å². The van der Waals surface area contributed by atoms with Gasteiger partial charge in [0.2, 0.25) is 5.91 Å². The number of carbonyl (C=O) groups is 2. The first-order chi connectivity index (χ1) is 14.5. The molecule has 1 aliphatic rings. The second kappa shape index (κ2) is 10.6. The average molecular weight is 448 g/mol. The van der Waals surface area contributed by atoms with Crippen molar-refractivity contribution in [2.75, 3.05) is 44.4 Å². The summed E-state index contributed by atoms with van der Waals surface area (Å²) in [6, 6.07) is 13.1. The zero-order valence-corrected chi connectivity index (χ0v) is 18.8. The molecule has 3 amide bonds. The van der Waals surface area contributed by atoms with Gasteiger partial charge in [0.15, 0.2) is 0 Å². The zero-order chi connectivity index (χ0) is 21.5. The summed E-state index contributed by atoms with van der Waals surface area (Å²) in [6.07, 6.45) is 0.477. The highest BCUT2D eigenvalue weighted by Gasteiger charge is 2.24. The molecule has 30 heavy (non-hydrogen) atoms. The van der Waals surface area contributed by atoms with E-state index in [4.69, 9.17) is 16.3 Å². The molecule has 2 aromatic carbocycles. The molecule has 0 atom stereocenters. The first-order valence-electron chi connectivity index (χ1n) is 9.83. The van der Waals surface area contributed by atoms with E-state index < -0.39 is 0 Å². The number of ether oxygens (including phenoxy) is 1. The average Bonchev–Trinajstić information content (AvgIpc) is 2.77. The van der Waals surface area contributed by atoms with Crippen LogP contribution < -0.4 is 10.1 Å². The monoisotopic (exact) mass is 447 g/mol. The van der Waals surface area contributed by atoms with Gasteiger partial charge in [-0.15, -0.1) is 11.8 Å². The highest BCUT2D eigenvalue weighted by Crippen LogP contribution is 2.23. The van der Waals surface area contributed by atoms with Crippen molar-refractivity contribution in [2.24, 2.45) is 0 Å².